The fraction of sp³-hybridized carbons (Fsp3) is 1.00. The van der Waals surface area contributed by atoms with Crippen LogP contribution in [0.25, 0.3) is 0 Å². The van der Waals surface area contributed by atoms with Crippen molar-refractivity contribution in [1.29, 1.82) is 0 Å². The Bertz CT molecular complexity index is 115. The molecule has 1 aliphatic heterocycles. The van der Waals surface area contributed by atoms with Gasteiger partial charge in [0, 0.05) is 13.2 Å². The molecule has 0 aliphatic carbocycles. The van der Waals surface area contributed by atoms with Gasteiger partial charge in [-0.1, -0.05) is 0 Å². The van der Waals surface area contributed by atoms with E-state index in [1.807, 2.05) is 0 Å². The topological polar surface area (TPSA) is 38.3 Å². The first-order valence-electron chi connectivity index (χ1n) is 2.68. The molecule has 0 amide bonds. The Morgan fingerprint density at radius 2 is 2.50 bits per heavy atom. The molecule has 8 heavy (non-hydrogen) atoms. The molecule has 1 aliphatic rings. The van der Waals surface area contributed by atoms with E-state index >= 15 is 0 Å². The minimum Gasteiger partial charge on any atom is -0.318 e. The molecule has 1 N–H and O–H groups in total. The van der Waals surface area contributed by atoms with Gasteiger partial charge in [-0.3, -0.25) is 4.57 Å². The lowest BCUT2D eigenvalue weighted by molar-refractivity contribution is 0.281. The molecule has 0 aromatic heterocycles. The monoisotopic (exact) mass is 135 g/mol. The van der Waals surface area contributed by atoms with Crippen molar-refractivity contribution in [3.8, 4) is 0 Å². The van der Waals surface area contributed by atoms with E-state index in [9.17, 15) is 4.57 Å². The maximum atomic E-state index is 10.9. The molecular formula is C4H10NO2P. The van der Waals surface area contributed by atoms with Crippen LogP contribution in [-0.2, 0) is 9.09 Å². The largest absolute Gasteiger partial charge is 0.318 e. The summed E-state index contributed by atoms with van der Waals surface area (Å²) in [5.41, 5.74) is 0. The van der Waals surface area contributed by atoms with Gasteiger partial charge >= 0.3 is 0 Å². The van der Waals surface area contributed by atoms with Crippen LogP contribution in [0.15, 0.2) is 0 Å². The highest BCUT2D eigenvalue weighted by Crippen LogP contribution is 2.39. The molecule has 1 heterocycles. The number of rotatable bonds is 0. The van der Waals surface area contributed by atoms with E-state index in [2.05, 4.69) is 5.09 Å². The van der Waals surface area contributed by atoms with Crippen molar-refractivity contribution in [1.82, 2.24) is 5.09 Å². The highest BCUT2D eigenvalue weighted by Gasteiger charge is 2.17. The molecule has 4 heteroatoms. The predicted molar refractivity (Wildman–Crippen MR) is 32.1 cm³/mol. The van der Waals surface area contributed by atoms with Crippen LogP contribution in [0.2, 0.25) is 0 Å². The van der Waals surface area contributed by atoms with E-state index in [-0.39, 0.29) is 0 Å². The lowest BCUT2D eigenvalue weighted by Crippen LogP contribution is -2.20. The third kappa shape index (κ3) is 1.58. The minimum absolute atomic E-state index is 0.640. The Morgan fingerprint density at radius 1 is 1.75 bits per heavy atom. The molecule has 1 fully saturated rings. The van der Waals surface area contributed by atoms with Crippen LogP contribution in [0, 0.1) is 0 Å². The van der Waals surface area contributed by atoms with Crippen LogP contribution >= 0.6 is 7.52 Å². The Hall–Kier alpha value is 0.150. The Labute approximate surface area is 48.9 Å². The highest BCUT2D eigenvalue weighted by atomic mass is 31.2. The molecule has 0 spiro atoms. The summed E-state index contributed by atoms with van der Waals surface area (Å²) in [6.07, 6.45) is 0.970. The van der Waals surface area contributed by atoms with Gasteiger partial charge in [-0.25, -0.2) is 5.09 Å². The second-order valence-corrected chi connectivity index (χ2v) is 4.21. The van der Waals surface area contributed by atoms with Crippen molar-refractivity contribution in [2.75, 3.05) is 19.8 Å². The summed E-state index contributed by atoms with van der Waals surface area (Å²) in [5.74, 6) is 0. The second-order valence-electron chi connectivity index (χ2n) is 1.94. The summed E-state index contributed by atoms with van der Waals surface area (Å²) in [4.78, 5) is 0. The third-order valence-corrected chi connectivity index (χ3v) is 2.53. The van der Waals surface area contributed by atoms with Gasteiger partial charge in [-0.15, -0.1) is 0 Å². The van der Waals surface area contributed by atoms with E-state index in [0.717, 1.165) is 13.0 Å². The van der Waals surface area contributed by atoms with Gasteiger partial charge in [0.05, 0.1) is 6.61 Å². The Balaban J connectivity index is 2.45. The molecule has 3 nitrogen and oxygen atoms in total. The molecule has 0 aromatic rings. The molecule has 0 bridgehead atoms. The molecule has 0 saturated carbocycles. The van der Waals surface area contributed by atoms with Crippen molar-refractivity contribution in [2.24, 2.45) is 0 Å². The Kier molecular flexibility index (Phi) is 1.71. The first-order chi connectivity index (χ1) is 3.71. The van der Waals surface area contributed by atoms with Gasteiger partial charge in [0.25, 0.3) is 7.52 Å². The average molecular weight is 135 g/mol. The lowest BCUT2D eigenvalue weighted by atomic mass is 10.5. The fourth-order valence-electron chi connectivity index (χ4n) is 0.639. The SMILES string of the molecule is CP1(=O)NCCCO1. The summed E-state index contributed by atoms with van der Waals surface area (Å²) in [6.45, 7) is 3.07. The normalized spacial score (nSPS) is 39.6. The molecule has 1 atom stereocenters. The van der Waals surface area contributed by atoms with Gasteiger partial charge in [0.15, 0.2) is 0 Å². The van der Waals surface area contributed by atoms with E-state index in [4.69, 9.17) is 4.52 Å². The van der Waals surface area contributed by atoms with Crippen LogP contribution in [0.1, 0.15) is 6.42 Å². The van der Waals surface area contributed by atoms with E-state index < -0.39 is 7.52 Å². The average Bonchev–Trinajstić information content (AvgIpc) is 1.65. The van der Waals surface area contributed by atoms with Crippen molar-refractivity contribution in [3.05, 3.63) is 0 Å². The van der Waals surface area contributed by atoms with Gasteiger partial charge in [0.1, 0.15) is 0 Å². The maximum Gasteiger partial charge on any atom is 0.266 e. The van der Waals surface area contributed by atoms with Crippen molar-refractivity contribution < 1.29 is 9.09 Å². The quantitative estimate of drug-likeness (QED) is 0.500. The summed E-state index contributed by atoms with van der Waals surface area (Å²) in [6, 6.07) is 0. The van der Waals surface area contributed by atoms with Crippen LogP contribution < -0.4 is 5.09 Å². The molecule has 0 radical (unpaired) electrons. The second kappa shape index (κ2) is 2.18. The third-order valence-electron chi connectivity index (χ3n) is 1.06. The zero-order valence-corrected chi connectivity index (χ0v) is 5.78. The summed E-state index contributed by atoms with van der Waals surface area (Å²) in [7, 11) is -2.34. The van der Waals surface area contributed by atoms with Crippen LogP contribution in [0.3, 0.4) is 0 Å². The van der Waals surface area contributed by atoms with Gasteiger partial charge < -0.3 is 4.52 Å². The Morgan fingerprint density at radius 3 is 2.75 bits per heavy atom. The first-order valence-corrected chi connectivity index (χ1v) is 4.75. The van der Waals surface area contributed by atoms with Crippen molar-refractivity contribution in [3.63, 3.8) is 0 Å². The van der Waals surface area contributed by atoms with Gasteiger partial charge in [0.2, 0.25) is 0 Å². The van der Waals surface area contributed by atoms with Gasteiger partial charge in [-0.2, -0.15) is 0 Å². The standard InChI is InChI=1S/C4H10NO2P/c1-8(6)5-3-2-4-7-8/h2-4H2,1H3,(H,5,6). The summed E-state index contributed by atoms with van der Waals surface area (Å²) in [5, 5.41) is 2.79. The summed E-state index contributed by atoms with van der Waals surface area (Å²) < 4.78 is 15.8. The van der Waals surface area contributed by atoms with Crippen molar-refractivity contribution in [2.45, 2.75) is 6.42 Å². The molecule has 1 unspecified atom stereocenters. The molecule has 0 aromatic carbocycles. The van der Waals surface area contributed by atoms with Crippen LogP contribution in [0.4, 0.5) is 0 Å². The molecule has 1 rings (SSSR count). The predicted octanol–water partition coefficient (Wildman–Crippen LogP) is 0.819. The first kappa shape index (κ1) is 6.27. The summed E-state index contributed by atoms with van der Waals surface area (Å²) >= 11 is 0. The zero-order chi connectivity index (χ0) is 6.04. The van der Waals surface area contributed by atoms with Gasteiger partial charge in [-0.05, 0) is 6.42 Å². The maximum absolute atomic E-state index is 10.9. The van der Waals surface area contributed by atoms with E-state index in [1.54, 1.807) is 6.66 Å². The number of nitrogens with one attached hydrogen (secondary N) is 1. The van der Waals surface area contributed by atoms with Crippen molar-refractivity contribution >= 4 is 7.52 Å². The fourth-order valence-corrected chi connectivity index (χ4v) is 1.77. The molecular weight excluding hydrogens is 125 g/mol. The van der Waals surface area contributed by atoms with Crippen LogP contribution in [-0.4, -0.2) is 19.8 Å². The lowest BCUT2D eigenvalue weighted by Gasteiger charge is -2.19. The molecule has 1 saturated heterocycles. The van der Waals surface area contributed by atoms with Crippen LogP contribution in [0.5, 0.6) is 0 Å². The zero-order valence-electron chi connectivity index (χ0n) is 4.89. The smallest absolute Gasteiger partial charge is 0.266 e. The number of hydrogen-bond acceptors (Lipinski definition) is 2. The minimum atomic E-state index is -2.34. The van der Waals surface area contributed by atoms with E-state index in [0.29, 0.717) is 6.61 Å². The molecule has 48 valence electrons. The number of hydrogen-bond donors (Lipinski definition) is 1. The van der Waals surface area contributed by atoms with E-state index in [1.165, 1.54) is 0 Å². The highest BCUT2D eigenvalue weighted by molar-refractivity contribution is 7.56.